The van der Waals surface area contributed by atoms with E-state index in [0.717, 1.165) is 27.9 Å². The largest absolute Gasteiger partial charge is 0.506 e. The van der Waals surface area contributed by atoms with Crippen molar-refractivity contribution in [3.63, 3.8) is 0 Å². The Labute approximate surface area is 171 Å². The number of nitro benzene ring substituents is 1. The zero-order valence-corrected chi connectivity index (χ0v) is 17.5. The van der Waals surface area contributed by atoms with Gasteiger partial charge in [-0.05, 0) is 62.9 Å². The van der Waals surface area contributed by atoms with Crippen molar-refractivity contribution in [2.24, 2.45) is 5.10 Å². The van der Waals surface area contributed by atoms with Crippen LogP contribution in [-0.4, -0.2) is 28.8 Å². The minimum absolute atomic E-state index is 0.0782. The summed E-state index contributed by atoms with van der Waals surface area (Å²) < 4.78 is 6.39. The third-order valence-corrected chi connectivity index (χ3v) is 4.60. The smallest absolute Gasteiger partial charge is 0.277 e. The van der Waals surface area contributed by atoms with Gasteiger partial charge in [-0.3, -0.25) is 14.9 Å². The van der Waals surface area contributed by atoms with Crippen molar-refractivity contribution in [3.8, 4) is 11.5 Å². The second kappa shape index (κ2) is 8.96. The number of hydrogen-bond acceptors (Lipinski definition) is 6. The van der Waals surface area contributed by atoms with Gasteiger partial charge in [0.05, 0.1) is 20.1 Å². The molecule has 0 saturated heterocycles. The molecule has 0 atom stereocenters. The Morgan fingerprint density at radius 3 is 2.63 bits per heavy atom. The molecule has 10 heteroatoms. The first-order valence-electron chi connectivity index (χ1n) is 7.57. The van der Waals surface area contributed by atoms with Crippen molar-refractivity contribution in [1.82, 2.24) is 5.43 Å². The van der Waals surface area contributed by atoms with Gasteiger partial charge in [0.25, 0.3) is 11.6 Å². The van der Waals surface area contributed by atoms with E-state index in [0.29, 0.717) is 5.75 Å². The van der Waals surface area contributed by atoms with Crippen LogP contribution in [0.5, 0.6) is 11.5 Å². The van der Waals surface area contributed by atoms with E-state index in [1.165, 1.54) is 6.07 Å². The fraction of sp³-hybridized carbons (Fsp3) is 0.176. The third-order valence-electron chi connectivity index (χ3n) is 3.40. The molecular formula is C17H15Br2N3O5. The summed E-state index contributed by atoms with van der Waals surface area (Å²) in [4.78, 5) is 22.1. The van der Waals surface area contributed by atoms with E-state index in [-0.39, 0.29) is 28.1 Å². The molecule has 0 aromatic heterocycles. The highest BCUT2D eigenvalue weighted by Gasteiger charge is 2.14. The van der Waals surface area contributed by atoms with Crippen LogP contribution < -0.4 is 10.2 Å². The number of ether oxygens (including phenoxy) is 1. The van der Waals surface area contributed by atoms with Crippen molar-refractivity contribution >= 4 is 49.7 Å². The molecule has 0 aliphatic carbocycles. The van der Waals surface area contributed by atoms with Gasteiger partial charge in [-0.15, -0.1) is 0 Å². The number of hydrogen-bond donors (Lipinski definition) is 2. The van der Waals surface area contributed by atoms with E-state index in [9.17, 15) is 20.0 Å². The standard InChI is InChI=1S/C17H15Br2N3O5/c1-9-3-10(2)17(14(19)4-9)27-8-15(23)21-20-7-11-5-12(22(25)26)6-13(18)16(11)24/h3-7,24H,8H2,1-2H3,(H,21,23)/b20-7-. The van der Waals surface area contributed by atoms with Crippen molar-refractivity contribution in [2.75, 3.05) is 6.61 Å². The Morgan fingerprint density at radius 2 is 2.00 bits per heavy atom. The maximum Gasteiger partial charge on any atom is 0.277 e. The first kappa shape index (κ1) is 20.8. The zero-order valence-electron chi connectivity index (χ0n) is 14.3. The van der Waals surface area contributed by atoms with Gasteiger partial charge >= 0.3 is 0 Å². The lowest BCUT2D eigenvalue weighted by Crippen LogP contribution is -2.24. The molecule has 2 aromatic rings. The lowest BCUT2D eigenvalue weighted by Gasteiger charge is -2.11. The Hall–Kier alpha value is -2.46. The van der Waals surface area contributed by atoms with Gasteiger partial charge in [-0.1, -0.05) is 6.07 Å². The molecule has 2 aromatic carbocycles. The van der Waals surface area contributed by atoms with E-state index in [2.05, 4.69) is 42.4 Å². The number of non-ortho nitro benzene ring substituents is 1. The highest BCUT2D eigenvalue weighted by molar-refractivity contribution is 9.10. The summed E-state index contributed by atoms with van der Waals surface area (Å²) in [6.45, 7) is 3.54. The van der Waals surface area contributed by atoms with Crippen LogP contribution in [0.4, 0.5) is 5.69 Å². The molecule has 0 aliphatic heterocycles. The van der Waals surface area contributed by atoms with Crippen LogP contribution in [0, 0.1) is 24.0 Å². The zero-order chi connectivity index (χ0) is 20.1. The summed E-state index contributed by atoms with van der Waals surface area (Å²) in [5, 5.41) is 24.5. The van der Waals surface area contributed by atoms with Crippen molar-refractivity contribution in [1.29, 1.82) is 0 Å². The number of nitrogens with zero attached hydrogens (tertiary/aromatic N) is 2. The molecule has 2 N–H and O–H groups in total. The average molecular weight is 501 g/mol. The van der Waals surface area contributed by atoms with Crippen molar-refractivity contribution in [3.05, 3.63) is 60.0 Å². The van der Waals surface area contributed by atoms with Gasteiger partial charge < -0.3 is 9.84 Å². The normalized spacial score (nSPS) is 10.8. The van der Waals surface area contributed by atoms with Gasteiger partial charge in [-0.2, -0.15) is 5.10 Å². The molecule has 0 spiro atoms. The number of aryl methyl sites for hydroxylation is 2. The first-order chi connectivity index (χ1) is 12.7. The van der Waals surface area contributed by atoms with Gasteiger partial charge in [0.2, 0.25) is 0 Å². The van der Waals surface area contributed by atoms with E-state index in [1.54, 1.807) is 0 Å². The van der Waals surface area contributed by atoms with E-state index < -0.39 is 10.8 Å². The lowest BCUT2D eigenvalue weighted by atomic mass is 10.1. The molecule has 0 heterocycles. The van der Waals surface area contributed by atoms with Gasteiger partial charge in [-0.25, -0.2) is 5.43 Å². The monoisotopic (exact) mass is 499 g/mol. The minimum atomic E-state index is -0.601. The number of hydrazone groups is 1. The molecule has 2 rings (SSSR count). The van der Waals surface area contributed by atoms with Crippen molar-refractivity contribution in [2.45, 2.75) is 13.8 Å². The molecular weight excluding hydrogens is 486 g/mol. The summed E-state index contributed by atoms with van der Waals surface area (Å²) in [7, 11) is 0. The number of nitrogens with one attached hydrogen (secondary N) is 1. The highest BCUT2D eigenvalue weighted by atomic mass is 79.9. The molecule has 0 unspecified atom stereocenters. The van der Waals surface area contributed by atoms with Crippen LogP contribution in [0.3, 0.4) is 0 Å². The molecule has 0 bridgehead atoms. The number of carbonyl (C=O) groups excluding carboxylic acids is 1. The Kier molecular flexibility index (Phi) is 6.92. The summed E-state index contributed by atoms with van der Waals surface area (Å²) >= 11 is 6.42. The van der Waals surface area contributed by atoms with Gasteiger partial charge in [0.15, 0.2) is 6.61 Å². The SMILES string of the molecule is Cc1cc(C)c(OCC(=O)N/N=C\c2cc([N+](=O)[O-])cc(Br)c2O)c(Br)c1. The van der Waals surface area contributed by atoms with Crippen LogP contribution in [0.1, 0.15) is 16.7 Å². The highest BCUT2D eigenvalue weighted by Crippen LogP contribution is 2.32. The predicted molar refractivity (Wildman–Crippen MR) is 107 cm³/mol. The maximum atomic E-state index is 11.9. The number of amides is 1. The molecule has 142 valence electrons. The number of nitro groups is 1. The number of rotatable bonds is 6. The van der Waals surface area contributed by atoms with Gasteiger partial charge in [0.1, 0.15) is 11.5 Å². The fourth-order valence-corrected chi connectivity index (χ4v) is 3.49. The van der Waals surface area contributed by atoms with Crippen LogP contribution >= 0.6 is 31.9 Å². The number of carbonyl (C=O) groups is 1. The number of phenols is 1. The van der Waals surface area contributed by atoms with Crippen LogP contribution in [-0.2, 0) is 4.79 Å². The first-order valence-corrected chi connectivity index (χ1v) is 9.16. The van der Waals surface area contributed by atoms with E-state index in [4.69, 9.17) is 4.74 Å². The molecule has 0 saturated carbocycles. The van der Waals surface area contributed by atoms with Crippen LogP contribution in [0.2, 0.25) is 0 Å². The van der Waals surface area contributed by atoms with Crippen LogP contribution in [0.15, 0.2) is 38.3 Å². The molecule has 0 radical (unpaired) electrons. The Balaban J connectivity index is 2.01. The summed E-state index contributed by atoms with van der Waals surface area (Å²) in [5.41, 5.74) is 4.03. The second-order valence-corrected chi connectivity index (χ2v) is 7.31. The third kappa shape index (κ3) is 5.51. The second-order valence-electron chi connectivity index (χ2n) is 5.60. The number of aromatic hydroxyl groups is 1. The quantitative estimate of drug-likeness (QED) is 0.354. The Bertz CT molecular complexity index is 908. The Morgan fingerprint density at radius 1 is 1.30 bits per heavy atom. The molecule has 27 heavy (non-hydrogen) atoms. The summed E-state index contributed by atoms with van der Waals surface area (Å²) in [5.74, 6) is -0.198. The topological polar surface area (TPSA) is 114 Å². The lowest BCUT2D eigenvalue weighted by molar-refractivity contribution is -0.385. The number of benzene rings is 2. The minimum Gasteiger partial charge on any atom is -0.506 e. The molecule has 0 fully saturated rings. The van der Waals surface area contributed by atoms with Crippen molar-refractivity contribution < 1.29 is 19.6 Å². The van der Waals surface area contributed by atoms with Crippen LogP contribution in [0.25, 0.3) is 0 Å². The number of phenolic OH excluding ortho intramolecular Hbond substituents is 1. The summed E-state index contributed by atoms with van der Waals surface area (Å²) in [6.07, 6.45) is 1.11. The average Bonchev–Trinajstić information content (AvgIpc) is 2.57. The fourth-order valence-electron chi connectivity index (χ4n) is 2.24. The number of halogens is 2. The van der Waals surface area contributed by atoms with E-state index >= 15 is 0 Å². The predicted octanol–water partition coefficient (Wildman–Crippen LogP) is 3.97. The molecule has 1 amide bonds. The molecule has 0 aliphatic rings. The summed E-state index contributed by atoms with van der Waals surface area (Å²) in [6, 6.07) is 6.11. The maximum absolute atomic E-state index is 11.9. The van der Waals surface area contributed by atoms with E-state index in [1.807, 2.05) is 26.0 Å². The molecule has 8 nitrogen and oxygen atoms in total. The van der Waals surface area contributed by atoms with Gasteiger partial charge in [0, 0.05) is 17.7 Å².